The van der Waals surface area contributed by atoms with Gasteiger partial charge in [0.1, 0.15) is 5.75 Å². The molecule has 1 saturated carbocycles. The molecule has 1 aliphatic rings. The Morgan fingerprint density at radius 1 is 1.18 bits per heavy atom. The van der Waals surface area contributed by atoms with Crippen LogP contribution in [-0.4, -0.2) is 17.8 Å². The molecule has 0 spiro atoms. The largest absolute Gasteiger partial charge is 0.497 e. The van der Waals surface area contributed by atoms with Crippen LogP contribution in [0.1, 0.15) is 45.1 Å². The van der Waals surface area contributed by atoms with Crippen molar-refractivity contribution in [2.45, 2.75) is 50.5 Å². The lowest BCUT2D eigenvalue weighted by atomic mass is 9.61. The smallest absolute Gasteiger partial charge is 0.119 e. The van der Waals surface area contributed by atoms with Crippen LogP contribution >= 0.6 is 0 Å². The second-order valence-corrected chi connectivity index (χ2v) is 5.55. The molecule has 2 heteroatoms. The Balaban J connectivity index is 2.41. The lowest BCUT2D eigenvalue weighted by Gasteiger charge is -2.47. The van der Waals surface area contributed by atoms with Crippen LogP contribution in [-0.2, 0) is 5.41 Å². The summed E-state index contributed by atoms with van der Waals surface area (Å²) in [5.74, 6) is 0.866. The van der Waals surface area contributed by atoms with E-state index in [-0.39, 0.29) is 5.41 Å². The van der Waals surface area contributed by atoms with Gasteiger partial charge >= 0.3 is 0 Å². The Kier molecular flexibility index (Phi) is 3.17. The third-order valence-electron chi connectivity index (χ3n) is 4.49. The van der Waals surface area contributed by atoms with E-state index in [1.807, 2.05) is 19.1 Å². The second-order valence-electron chi connectivity index (χ2n) is 5.55. The van der Waals surface area contributed by atoms with E-state index in [2.05, 4.69) is 19.1 Å². The third kappa shape index (κ3) is 2.06. The van der Waals surface area contributed by atoms with Gasteiger partial charge in [-0.05, 0) is 37.5 Å². The third-order valence-corrected chi connectivity index (χ3v) is 4.49. The highest BCUT2D eigenvalue weighted by molar-refractivity contribution is 5.36. The van der Waals surface area contributed by atoms with Crippen LogP contribution in [0.2, 0.25) is 0 Å². The van der Waals surface area contributed by atoms with Gasteiger partial charge in [0.2, 0.25) is 0 Å². The quantitative estimate of drug-likeness (QED) is 0.851. The van der Waals surface area contributed by atoms with Crippen LogP contribution in [0.4, 0.5) is 0 Å². The molecular formula is C15H22O2. The first kappa shape index (κ1) is 12.4. The summed E-state index contributed by atoms with van der Waals surface area (Å²) in [4.78, 5) is 0. The molecule has 94 valence electrons. The number of benzene rings is 1. The first-order valence-corrected chi connectivity index (χ1v) is 6.36. The predicted octanol–water partition coefficient (Wildman–Crippen LogP) is 3.28. The normalized spacial score (nSPS) is 33.4. The molecule has 2 nitrogen and oxygen atoms in total. The Morgan fingerprint density at radius 2 is 1.88 bits per heavy atom. The van der Waals surface area contributed by atoms with Crippen molar-refractivity contribution in [3.05, 3.63) is 29.8 Å². The summed E-state index contributed by atoms with van der Waals surface area (Å²) in [6, 6.07) is 8.11. The van der Waals surface area contributed by atoms with E-state index < -0.39 is 5.60 Å². The van der Waals surface area contributed by atoms with Crippen molar-refractivity contribution >= 4 is 0 Å². The Hall–Kier alpha value is -1.02. The van der Waals surface area contributed by atoms with Crippen LogP contribution in [0.25, 0.3) is 0 Å². The number of methoxy groups -OCH3 is 1. The summed E-state index contributed by atoms with van der Waals surface area (Å²) < 4.78 is 5.28. The maximum absolute atomic E-state index is 10.7. The highest BCUT2D eigenvalue weighted by Crippen LogP contribution is 2.46. The second kappa shape index (κ2) is 4.34. The monoisotopic (exact) mass is 234 g/mol. The van der Waals surface area contributed by atoms with E-state index in [1.54, 1.807) is 7.11 Å². The molecule has 0 heterocycles. The van der Waals surface area contributed by atoms with Crippen molar-refractivity contribution in [3.63, 3.8) is 0 Å². The molecule has 1 aliphatic carbocycles. The van der Waals surface area contributed by atoms with Gasteiger partial charge in [-0.2, -0.15) is 0 Å². The van der Waals surface area contributed by atoms with Crippen molar-refractivity contribution in [3.8, 4) is 5.75 Å². The van der Waals surface area contributed by atoms with E-state index in [0.29, 0.717) is 0 Å². The molecular weight excluding hydrogens is 212 g/mol. The zero-order chi connectivity index (χ0) is 12.5. The minimum absolute atomic E-state index is 0.167. The minimum Gasteiger partial charge on any atom is -0.497 e. The number of hydrogen-bond donors (Lipinski definition) is 1. The highest BCUT2D eigenvalue weighted by atomic mass is 16.5. The van der Waals surface area contributed by atoms with Crippen LogP contribution in [0.15, 0.2) is 24.3 Å². The lowest BCUT2D eigenvalue weighted by Crippen LogP contribution is -2.49. The summed E-state index contributed by atoms with van der Waals surface area (Å²) >= 11 is 0. The van der Waals surface area contributed by atoms with E-state index in [0.717, 1.165) is 25.0 Å². The van der Waals surface area contributed by atoms with Gasteiger partial charge in [-0.25, -0.2) is 0 Å². The first-order chi connectivity index (χ1) is 7.99. The fraction of sp³-hybridized carbons (Fsp3) is 0.600. The Morgan fingerprint density at radius 3 is 2.53 bits per heavy atom. The minimum atomic E-state index is -0.627. The van der Waals surface area contributed by atoms with Gasteiger partial charge in [-0.1, -0.05) is 31.9 Å². The van der Waals surface area contributed by atoms with Crippen LogP contribution in [0.5, 0.6) is 5.75 Å². The average molecular weight is 234 g/mol. The molecule has 0 aromatic heterocycles. The molecule has 0 saturated heterocycles. The zero-order valence-corrected chi connectivity index (χ0v) is 11.0. The zero-order valence-electron chi connectivity index (χ0n) is 11.0. The Labute approximate surface area is 104 Å². The topological polar surface area (TPSA) is 29.5 Å². The lowest BCUT2D eigenvalue weighted by molar-refractivity contribution is -0.0472. The number of hydrogen-bond acceptors (Lipinski definition) is 2. The average Bonchev–Trinajstić information content (AvgIpc) is 2.33. The number of rotatable bonds is 2. The molecule has 17 heavy (non-hydrogen) atoms. The number of ether oxygens (including phenoxy) is 1. The van der Waals surface area contributed by atoms with Gasteiger partial charge in [-0.3, -0.25) is 0 Å². The molecule has 1 aromatic carbocycles. The maximum atomic E-state index is 10.7. The van der Waals surface area contributed by atoms with Gasteiger partial charge in [-0.15, -0.1) is 0 Å². The van der Waals surface area contributed by atoms with E-state index in [1.165, 1.54) is 12.0 Å². The SMILES string of the molecule is COc1cccc(C2(C)CCCCC2(C)O)c1. The van der Waals surface area contributed by atoms with Gasteiger partial charge in [0, 0.05) is 5.41 Å². The van der Waals surface area contributed by atoms with Gasteiger partial charge in [0.15, 0.2) is 0 Å². The Bertz CT molecular complexity index is 398. The van der Waals surface area contributed by atoms with Crippen molar-refractivity contribution < 1.29 is 9.84 Å². The molecule has 0 aliphatic heterocycles. The summed E-state index contributed by atoms with van der Waals surface area (Å²) in [5.41, 5.74) is 0.388. The van der Waals surface area contributed by atoms with Crippen molar-refractivity contribution in [1.29, 1.82) is 0 Å². The first-order valence-electron chi connectivity index (χ1n) is 6.36. The van der Waals surface area contributed by atoms with Gasteiger partial charge in [0.25, 0.3) is 0 Å². The maximum Gasteiger partial charge on any atom is 0.119 e. The van der Waals surface area contributed by atoms with Crippen molar-refractivity contribution in [2.24, 2.45) is 0 Å². The van der Waals surface area contributed by atoms with E-state index >= 15 is 0 Å². The molecule has 0 radical (unpaired) electrons. The molecule has 1 N–H and O–H groups in total. The number of aliphatic hydroxyl groups is 1. The fourth-order valence-electron chi connectivity index (χ4n) is 2.91. The molecule has 0 amide bonds. The van der Waals surface area contributed by atoms with Gasteiger partial charge in [0.05, 0.1) is 12.7 Å². The molecule has 2 unspecified atom stereocenters. The van der Waals surface area contributed by atoms with Crippen LogP contribution < -0.4 is 4.74 Å². The molecule has 1 aromatic rings. The van der Waals surface area contributed by atoms with Crippen LogP contribution in [0, 0.1) is 0 Å². The van der Waals surface area contributed by atoms with Gasteiger partial charge < -0.3 is 9.84 Å². The molecule has 0 bridgehead atoms. The fourth-order valence-corrected chi connectivity index (χ4v) is 2.91. The van der Waals surface area contributed by atoms with Crippen molar-refractivity contribution in [1.82, 2.24) is 0 Å². The summed E-state index contributed by atoms with van der Waals surface area (Å²) in [6.07, 6.45) is 4.21. The predicted molar refractivity (Wildman–Crippen MR) is 69.4 cm³/mol. The molecule has 2 rings (SSSR count). The summed E-state index contributed by atoms with van der Waals surface area (Å²) in [6.45, 7) is 4.13. The molecule has 1 fully saturated rings. The highest BCUT2D eigenvalue weighted by Gasteiger charge is 2.46. The standard InChI is InChI=1S/C15H22O2/c1-14(9-4-5-10-15(14,2)16)12-7-6-8-13(11-12)17-3/h6-8,11,16H,4-5,9-10H2,1-3H3. The van der Waals surface area contributed by atoms with Crippen LogP contribution in [0.3, 0.4) is 0 Å². The van der Waals surface area contributed by atoms with E-state index in [4.69, 9.17) is 4.74 Å². The summed E-state index contributed by atoms with van der Waals surface area (Å²) in [5, 5.41) is 10.7. The van der Waals surface area contributed by atoms with E-state index in [9.17, 15) is 5.11 Å². The molecule has 2 atom stereocenters. The van der Waals surface area contributed by atoms with Crippen molar-refractivity contribution in [2.75, 3.05) is 7.11 Å². The summed E-state index contributed by atoms with van der Waals surface area (Å²) in [7, 11) is 1.68.